The van der Waals surface area contributed by atoms with Crippen LogP contribution in [0.4, 0.5) is 0 Å². The molecular formula is C7H15NO4. The predicted molar refractivity (Wildman–Crippen MR) is 42.3 cm³/mol. The first-order chi connectivity index (χ1) is 5.45. The Morgan fingerprint density at radius 3 is 2.58 bits per heavy atom. The first-order valence-corrected chi connectivity index (χ1v) is 3.72. The molecule has 5 heteroatoms. The van der Waals surface area contributed by atoms with Crippen LogP contribution in [0.15, 0.2) is 0 Å². The van der Waals surface area contributed by atoms with Gasteiger partial charge in [-0.2, -0.15) is 0 Å². The van der Waals surface area contributed by atoms with Crippen LogP contribution in [0, 0.1) is 0 Å². The fourth-order valence-corrected chi connectivity index (χ4v) is 0.587. The average molecular weight is 177 g/mol. The minimum Gasteiger partial charge on any atom is -0.464 e. The lowest BCUT2D eigenvalue weighted by atomic mass is 10.00. The lowest BCUT2D eigenvalue weighted by Crippen LogP contribution is -2.50. The first-order valence-electron chi connectivity index (χ1n) is 3.72. The summed E-state index contributed by atoms with van der Waals surface area (Å²) in [6.45, 7) is 2.85. The Bertz CT molecular complexity index is 157. The summed E-state index contributed by atoms with van der Waals surface area (Å²) in [5.74, 6) is -0.854. The molecule has 0 aliphatic carbocycles. The van der Waals surface area contributed by atoms with Crippen molar-refractivity contribution in [2.45, 2.75) is 25.6 Å². The number of hydrogen-bond acceptors (Lipinski definition) is 5. The van der Waals surface area contributed by atoms with Gasteiger partial charge in [-0.3, -0.25) is 0 Å². The Labute approximate surface area is 71.1 Å². The van der Waals surface area contributed by atoms with Crippen LogP contribution in [-0.4, -0.2) is 41.0 Å². The van der Waals surface area contributed by atoms with Gasteiger partial charge in [0.2, 0.25) is 0 Å². The zero-order chi connectivity index (χ0) is 9.78. The molecule has 0 rings (SSSR count). The van der Waals surface area contributed by atoms with Crippen molar-refractivity contribution < 1.29 is 19.7 Å². The van der Waals surface area contributed by atoms with Gasteiger partial charge in [-0.15, -0.1) is 0 Å². The number of carbonyl (C=O) groups is 1. The van der Waals surface area contributed by atoms with E-state index in [0.29, 0.717) is 0 Å². The highest BCUT2D eigenvalue weighted by atomic mass is 16.5. The number of nitrogens with two attached hydrogens (primary N) is 1. The minimum absolute atomic E-state index is 0.163. The van der Waals surface area contributed by atoms with Gasteiger partial charge in [-0.05, 0) is 13.8 Å². The summed E-state index contributed by atoms with van der Waals surface area (Å²) in [5.41, 5.74) is 3.50. The Hall–Kier alpha value is -0.650. The monoisotopic (exact) mass is 177 g/mol. The van der Waals surface area contributed by atoms with Crippen LogP contribution in [0.2, 0.25) is 0 Å². The summed E-state index contributed by atoms with van der Waals surface area (Å²) in [6.07, 6.45) is -1.58. The Balaban J connectivity index is 4.17. The smallest absolute Gasteiger partial charge is 0.338 e. The lowest BCUT2D eigenvalue weighted by Gasteiger charge is -2.25. The molecule has 5 nitrogen and oxygen atoms in total. The van der Waals surface area contributed by atoms with E-state index in [-0.39, 0.29) is 13.2 Å². The molecule has 0 saturated carbocycles. The Morgan fingerprint density at radius 2 is 2.25 bits per heavy atom. The molecule has 0 spiro atoms. The highest BCUT2D eigenvalue weighted by molar-refractivity contribution is 5.75. The van der Waals surface area contributed by atoms with Gasteiger partial charge >= 0.3 is 5.97 Å². The fraction of sp³-hybridized carbons (Fsp3) is 0.857. The summed E-state index contributed by atoms with van der Waals surface area (Å²) >= 11 is 0. The molecule has 0 aromatic rings. The third-order valence-corrected chi connectivity index (χ3v) is 1.51. The minimum atomic E-state index is -1.62. The van der Waals surface area contributed by atoms with Crippen LogP contribution in [0.3, 0.4) is 0 Å². The van der Waals surface area contributed by atoms with Gasteiger partial charge in [0.05, 0.1) is 6.61 Å². The number of carbonyl (C=O) groups excluding carboxylic acids is 1. The van der Waals surface area contributed by atoms with Crippen molar-refractivity contribution in [3.05, 3.63) is 0 Å². The van der Waals surface area contributed by atoms with E-state index >= 15 is 0 Å². The molecule has 0 saturated heterocycles. The van der Waals surface area contributed by atoms with E-state index in [9.17, 15) is 15.0 Å². The van der Waals surface area contributed by atoms with Crippen molar-refractivity contribution in [3.8, 4) is 0 Å². The number of esters is 1. The third-order valence-electron chi connectivity index (χ3n) is 1.51. The maximum absolute atomic E-state index is 10.9. The van der Waals surface area contributed by atoms with Crippen LogP contribution >= 0.6 is 0 Å². The molecule has 0 aromatic carbocycles. The highest BCUT2D eigenvalue weighted by Crippen LogP contribution is 2.09. The van der Waals surface area contributed by atoms with Gasteiger partial charge in [0.15, 0.2) is 6.10 Å². The topological polar surface area (TPSA) is 92.8 Å². The SMILES string of the molecule is CCOC(=O)[C@@H](O)[C@@](C)(O)CN. The van der Waals surface area contributed by atoms with Crippen molar-refractivity contribution in [2.24, 2.45) is 5.73 Å². The molecule has 0 unspecified atom stereocenters. The highest BCUT2D eigenvalue weighted by Gasteiger charge is 2.35. The molecule has 0 radical (unpaired) electrons. The van der Waals surface area contributed by atoms with Crippen LogP contribution in [-0.2, 0) is 9.53 Å². The number of ether oxygens (including phenoxy) is 1. The number of aliphatic hydroxyl groups is 2. The maximum Gasteiger partial charge on any atom is 0.338 e. The summed E-state index contributed by atoms with van der Waals surface area (Å²) < 4.78 is 4.49. The van der Waals surface area contributed by atoms with Gasteiger partial charge in [-0.1, -0.05) is 0 Å². The van der Waals surface area contributed by atoms with Gasteiger partial charge in [0.25, 0.3) is 0 Å². The van der Waals surface area contributed by atoms with Gasteiger partial charge < -0.3 is 20.7 Å². The van der Waals surface area contributed by atoms with Crippen molar-refractivity contribution in [3.63, 3.8) is 0 Å². The first kappa shape index (κ1) is 11.4. The quantitative estimate of drug-likeness (QED) is 0.460. The van der Waals surface area contributed by atoms with Crippen molar-refractivity contribution in [1.82, 2.24) is 0 Å². The van der Waals surface area contributed by atoms with Crippen LogP contribution in [0.5, 0.6) is 0 Å². The fourth-order valence-electron chi connectivity index (χ4n) is 0.587. The summed E-state index contributed by atoms with van der Waals surface area (Å²) in [7, 11) is 0. The number of hydrogen-bond donors (Lipinski definition) is 3. The molecule has 0 aliphatic rings. The Morgan fingerprint density at radius 1 is 1.75 bits per heavy atom. The number of rotatable bonds is 4. The molecule has 0 aromatic heterocycles. The normalized spacial score (nSPS) is 18.1. The summed E-state index contributed by atoms with van der Waals surface area (Å²) in [6, 6.07) is 0. The standard InChI is InChI=1S/C7H15NO4/c1-3-12-6(10)5(9)7(2,11)4-8/h5,9,11H,3-4,8H2,1-2H3/t5-,7+/m1/s1. The van der Waals surface area contributed by atoms with Crippen molar-refractivity contribution in [1.29, 1.82) is 0 Å². The third kappa shape index (κ3) is 2.77. The van der Waals surface area contributed by atoms with Gasteiger partial charge in [0.1, 0.15) is 5.60 Å². The summed E-state index contributed by atoms with van der Waals surface area (Å²) in [4.78, 5) is 10.9. The second-order valence-electron chi connectivity index (χ2n) is 2.72. The van der Waals surface area contributed by atoms with E-state index < -0.39 is 17.7 Å². The molecule has 0 bridgehead atoms. The molecule has 0 fully saturated rings. The maximum atomic E-state index is 10.9. The van der Waals surface area contributed by atoms with E-state index in [1.807, 2.05) is 0 Å². The number of aliphatic hydroxyl groups excluding tert-OH is 1. The zero-order valence-electron chi connectivity index (χ0n) is 7.28. The molecule has 0 heterocycles. The van der Waals surface area contributed by atoms with E-state index in [4.69, 9.17) is 5.73 Å². The molecule has 72 valence electrons. The van der Waals surface area contributed by atoms with E-state index in [0.717, 1.165) is 0 Å². The second kappa shape index (κ2) is 4.39. The summed E-state index contributed by atoms with van der Waals surface area (Å²) in [5, 5.41) is 18.5. The van der Waals surface area contributed by atoms with Crippen molar-refractivity contribution >= 4 is 5.97 Å². The van der Waals surface area contributed by atoms with Crippen LogP contribution in [0.25, 0.3) is 0 Å². The molecular weight excluding hydrogens is 162 g/mol. The molecule has 4 N–H and O–H groups in total. The molecule has 0 amide bonds. The van der Waals surface area contributed by atoms with E-state index in [1.165, 1.54) is 6.92 Å². The van der Waals surface area contributed by atoms with E-state index in [2.05, 4.69) is 4.74 Å². The van der Waals surface area contributed by atoms with E-state index in [1.54, 1.807) is 6.92 Å². The second-order valence-corrected chi connectivity index (χ2v) is 2.72. The molecule has 0 aliphatic heterocycles. The van der Waals surface area contributed by atoms with Gasteiger partial charge in [0, 0.05) is 6.54 Å². The van der Waals surface area contributed by atoms with Crippen LogP contribution in [0.1, 0.15) is 13.8 Å². The molecule has 12 heavy (non-hydrogen) atoms. The van der Waals surface area contributed by atoms with Gasteiger partial charge in [-0.25, -0.2) is 4.79 Å². The average Bonchev–Trinajstić information content (AvgIpc) is 2.03. The van der Waals surface area contributed by atoms with Crippen molar-refractivity contribution in [2.75, 3.05) is 13.2 Å². The zero-order valence-corrected chi connectivity index (χ0v) is 7.28. The molecule has 2 atom stereocenters. The predicted octanol–water partition coefficient (Wildman–Crippen LogP) is -1.38. The Kier molecular flexibility index (Phi) is 4.16. The lowest BCUT2D eigenvalue weighted by molar-refractivity contribution is -0.166. The largest absolute Gasteiger partial charge is 0.464 e. The van der Waals surface area contributed by atoms with Crippen LogP contribution < -0.4 is 5.73 Å².